The van der Waals surface area contributed by atoms with E-state index in [4.69, 9.17) is 4.74 Å². The van der Waals surface area contributed by atoms with Crippen LogP contribution in [0.1, 0.15) is 51.9 Å². The van der Waals surface area contributed by atoms with Crippen LogP contribution < -0.4 is 0 Å². The van der Waals surface area contributed by atoms with E-state index in [2.05, 4.69) is 28.1 Å². The number of benzene rings is 2. The molecule has 170 valence electrons. The zero-order chi connectivity index (χ0) is 22.7. The third-order valence-corrected chi connectivity index (χ3v) is 7.09. The Kier molecular flexibility index (Phi) is 7.11. The SMILES string of the molecule is COC(=O)c1ccc2c(c1)CCCC(Br)=C2c1ccc(CC2(F)CN(CCCF)C2)cc1. The van der Waals surface area contributed by atoms with E-state index < -0.39 is 5.67 Å². The minimum Gasteiger partial charge on any atom is -0.465 e. The minimum absolute atomic E-state index is 0.328. The summed E-state index contributed by atoms with van der Waals surface area (Å²) in [6, 6.07) is 13.8. The Labute approximate surface area is 196 Å². The van der Waals surface area contributed by atoms with Crippen LogP contribution in [0.5, 0.6) is 0 Å². The topological polar surface area (TPSA) is 29.5 Å². The third-order valence-electron chi connectivity index (χ3n) is 6.29. The summed E-state index contributed by atoms with van der Waals surface area (Å²) in [7, 11) is 1.39. The number of hydrogen-bond acceptors (Lipinski definition) is 3. The molecule has 1 aliphatic heterocycles. The number of aryl methyl sites for hydroxylation is 1. The van der Waals surface area contributed by atoms with Crippen LogP contribution in [0.25, 0.3) is 5.57 Å². The number of nitrogens with zero attached hydrogens (tertiary/aromatic N) is 1. The highest BCUT2D eigenvalue weighted by Crippen LogP contribution is 2.38. The summed E-state index contributed by atoms with van der Waals surface area (Å²) in [6.45, 7) is 1.03. The van der Waals surface area contributed by atoms with Gasteiger partial charge in [-0.05, 0) is 65.6 Å². The maximum absolute atomic E-state index is 15.0. The number of allylic oxidation sites excluding steroid dienone is 1. The number of ether oxygens (including phenoxy) is 1. The van der Waals surface area contributed by atoms with E-state index >= 15 is 0 Å². The molecule has 2 aliphatic rings. The third kappa shape index (κ3) is 4.96. The zero-order valence-corrected chi connectivity index (χ0v) is 19.9. The van der Waals surface area contributed by atoms with Gasteiger partial charge >= 0.3 is 5.97 Å². The van der Waals surface area contributed by atoms with E-state index in [0.29, 0.717) is 38.0 Å². The van der Waals surface area contributed by atoms with E-state index in [1.165, 1.54) is 7.11 Å². The number of likely N-dealkylation sites (tertiary alicyclic amines) is 1. The van der Waals surface area contributed by atoms with Crippen LogP contribution >= 0.6 is 15.9 Å². The van der Waals surface area contributed by atoms with Crippen molar-refractivity contribution in [1.29, 1.82) is 0 Å². The first-order chi connectivity index (χ1) is 15.4. The Morgan fingerprint density at radius 3 is 2.59 bits per heavy atom. The van der Waals surface area contributed by atoms with Gasteiger partial charge in [-0.25, -0.2) is 9.18 Å². The normalized spacial score (nSPS) is 18.0. The number of hydrogen-bond donors (Lipinski definition) is 0. The molecule has 0 radical (unpaired) electrons. The second-order valence-electron chi connectivity index (χ2n) is 8.77. The van der Waals surface area contributed by atoms with Gasteiger partial charge in [0, 0.05) is 30.5 Å². The van der Waals surface area contributed by atoms with Crippen LogP contribution in [0.4, 0.5) is 8.78 Å². The van der Waals surface area contributed by atoms with Crippen molar-refractivity contribution < 1.29 is 18.3 Å². The molecule has 32 heavy (non-hydrogen) atoms. The fraction of sp³-hybridized carbons (Fsp3) is 0.423. The molecule has 0 unspecified atom stereocenters. The number of esters is 1. The van der Waals surface area contributed by atoms with Crippen molar-refractivity contribution in [1.82, 2.24) is 4.90 Å². The lowest BCUT2D eigenvalue weighted by Gasteiger charge is -2.44. The second-order valence-corrected chi connectivity index (χ2v) is 9.73. The molecule has 1 heterocycles. The number of carbonyl (C=O) groups excluding carboxylic acids is 1. The predicted molar refractivity (Wildman–Crippen MR) is 127 cm³/mol. The van der Waals surface area contributed by atoms with Crippen molar-refractivity contribution in [2.75, 3.05) is 33.4 Å². The van der Waals surface area contributed by atoms with Gasteiger partial charge in [-0.3, -0.25) is 9.29 Å². The van der Waals surface area contributed by atoms with Gasteiger partial charge < -0.3 is 4.74 Å². The monoisotopic (exact) mass is 503 g/mol. The summed E-state index contributed by atoms with van der Waals surface area (Å²) in [5, 5.41) is 0. The average molecular weight is 504 g/mol. The molecular weight excluding hydrogens is 476 g/mol. The van der Waals surface area contributed by atoms with Crippen LogP contribution in [0.15, 0.2) is 46.9 Å². The Morgan fingerprint density at radius 1 is 1.16 bits per heavy atom. The highest BCUT2D eigenvalue weighted by Gasteiger charge is 2.42. The van der Waals surface area contributed by atoms with E-state index in [0.717, 1.165) is 51.6 Å². The molecule has 4 rings (SSSR count). The Balaban J connectivity index is 1.53. The summed E-state index contributed by atoms with van der Waals surface area (Å²) < 4.78 is 33.3. The van der Waals surface area contributed by atoms with E-state index in [1.807, 2.05) is 35.2 Å². The smallest absolute Gasteiger partial charge is 0.337 e. The van der Waals surface area contributed by atoms with Crippen molar-refractivity contribution >= 4 is 27.5 Å². The van der Waals surface area contributed by atoms with Gasteiger partial charge in [0.15, 0.2) is 0 Å². The summed E-state index contributed by atoms with van der Waals surface area (Å²) >= 11 is 3.78. The fourth-order valence-electron chi connectivity index (χ4n) is 4.77. The Morgan fingerprint density at radius 2 is 1.91 bits per heavy atom. The average Bonchev–Trinajstić information content (AvgIpc) is 2.93. The molecule has 6 heteroatoms. The maximum atomic E-state index is 15.0. The number of methoxy groups -OCH3 is 1. The quantitative estimate of drug-likeness (QED) is 0.441. The molecule has 1 fully saturated rings. The molecule has 0 atom stereocenters. The zero-order valence-electron chi connectivity index (χ0n) is 18.3. The maximum Gasteiger partial charge on any atom is 0.337 e. The predicted octanol–water partition coefficient (Wildman–Crippen LogP) is 5.89. The second kappa shape index (κ2) is 9.84. The molecule has 0 spiro atoms. The van der Waals surface area contributed by atoms with Gasteiger partial charge in [-0.2, -0.15) is 0 Å². The van der Waals surface area contributed by atoms with Gasteiger partial charge in [0.25, 0.3) is 0 Å². The summed E-state index contributed by atoms with van der Waals surface area (Å²) in [4.78, 5) is 13.9. The van der Waals surface area contributed by atoms with E-state index in [-0.39, 0.29) is 12.6 Å². The van der Waals surface area contributed by atoms with Gasteiger partial charge in [0.05, 0.1) is 19.3 Å². The summed E-state index contributed by atoms with van der Waals surface area (Å²) in [5.41, 5.74) is 4.74. The number of alkyl halides is 2. The van der Waals surface area contributed by atoms with Crippen molar-refractivity contribution in [2.45, 2.75) is 37.8 Å². The lowest BCUT2D eigenvalue weighted by Crippen LogP contribution is -2.60. The standard InChI is InChI=1S/C26H28BrF2NO2/c1-32-25(31)21-10-11-22-20(14-21)4-2-5-23(27)24(22)19-8-6-18(7-9-19)15-26(29)16-30(17-26)13-3-12-28/h6-11,14H,2-5,12-13,15-17H2,1H3. The van der Waals surface area contributed by atoms with Crippen LogP contribution in [-0.2, 0) is 17.6 Å². The number of carbonyl (C=O) groups is 1. The molecule has 3 nitrogen and oxygen atoms in total. The molecular formula is C26H28BrF2NO2. The van der Waals surface area contributed by atoms with Crippen LogP contribution in [-0.4, -0.2) is 50.0 Å². The van der Waals surface area contributed by atoms with Crippen molar-refractivity contribution in [2.24, 2.45) is 0 Å². The van der Waals surface area contributed by atoms with Gasteiger partial charge in [0.2, 0.25) is 0 Å². The molecule has 1 saturated heterocycles. The van der Waals surface area contributed by atoms with Crippen molar-refractivity contribution in [3.8, 4) is 0 Å². The lowest BCUT2D eigenvalue weighted by atomic mass is 9.87. The molecule has 0 amide bonds. The number of halogens is 3. The first kappa shape index (κ1) is 23.1. The van der Waals surface area contributed by atoms with Gasteiger partial charge in [-0.1, -0.05) is 46.3 Å². The number of fused-ring (bicyclic) bond motifs is 1. The first-order valence-corrected chi connectivity index (χ1v) is 11.9. The molecule has 0 N–H and O–H groups in total. The highest BCUT2D eigenvalue weighted by atomic mass is 79.9. The van der Waals surface area contributed by atoms with Crippen LogP contribution in [0.3, 0.4) is 0 Å². The molecule has 0 bridgehead atoms. The first-order valence-electron chi connectivity index (χ1n) is 11.1. The molecule has 0 aromatic heterocycles. The van der Waals surface area contributed by atoms with Crippen molar-refractivity contribution in [3.63, 3.8) is 0 Å². The van der Waals surface area contributed by atoms with E-state index in [1.54, 1.807) is 0 Å². The molecule has 2 aromatic carbocycles. The summed E-state index contributed by atoms with van der Waals surface area (Å²) in [6.07, 6.45) is 3.64. The minimum atomic E-state index is -1.23. The number of rotatable bonds is 7. The van der Waals surface area contributed by atoms with Crippen LogP contribution in [0, 0.1) is 0 Å². The van der Waals surface area contributed by atoms with Gasteiger partial charge in [-0.15, -0.1) is 0 Å². The van der Waals surface area contributed by atoms with E-state index in [9.17, 15) is 13.6 Å². The molecule has 0 saturated carbocycles. The fourth-order valence-corrected chi connectivity index (χ4v) is 5.49. The highest BCUT2D eigenvalue weighted by molar-refractivity contribution is 9.11. The largest absolute Gasteiger partial charge is 0.465 e. The molecule has 2 aromatic rings. The van der Waals surface area contributed by atoms with Crippen LogP contribution in [0.2, 0.25) is 0 Å². The molecule has 1 aliphatic carbocycles. The Hall–Kier alpha value is -2.05. The Bertz CT molecular complexity index is 1010. The van der Waals surface area contributed by atoms with Crippen molar-refractivity contribution in [3.05, 3.63) is 74.8 Å². The lowest BCUT2D eigenvalue weighted by molar-refractivity contribution is -0.0323. The summed E-state index contributed by atoms with van der Waals surface area (Å²) in [5.74, 6) is -0.328. The van der Waals surface area contributed by atoms with Gasteiger partial charge in [0.1, 0.15) is 5.67 Å².